The van der Waals surface area contributed by atoms with E-state index in [0.29, 0.717) is 6.04 Å². The Bertz CT molecular complexity index is 803. The lowest BCUT2D eigenvalue weighted by Crippen LogP contribution is -2.48. The number of thioether (sulfide) groups is 1. The van der Waals surface area contributed by atoms with E-state index in [9.17, 15) is 4.79 Å². The standard InChI is InChI=1S/C22H31N5OS/c1-26-20(24-25-22(26)29-16-17-9-4-2-5-10-17)18-11-8-14-27(15-18)21(28)23-19-12-6-3-7-13-19/h2,4-5,9-10,18-19H,3,6-8,11-16H2,1H3,(H,23,28). The Morgan fingerprint density at radius 3 is 2.69 bits per heavy atom. The molecule has 1 unspecified atom stereocenters. The number of likely N-dealkylation sites (tertiary alicyclic amines) is 1. The Balaban J connectivity index is 1.35. The molecule has 0 radical (unpaired) electrons. The van der Waals surface area contributed by atoms with Crippen LogP contribution in [-0.2, 0) is 12.8 Å². The summed E-state index contributed by atoms with van der Waals surface area (Å²) in [6.07, 6.45) is 8.08. The average Bonchev–Trinajstić information content (AvgIpc) is 3.14. The third-order valence-corrected chi connectivity index (χ3v) is 7.18. The Morgan fingerprint density at radius 1 is 1.10 bits per heavy atom. The molecule has 1 saturated heterocycles. The van der Waals surface area contributed by atoms with E-state index >= 15 is 0 Å². The van der Waals surface area contributed by atoms with Crippen molar-refractivity contribution in [1.29, 1.82) is 0 Å². The van der Waals surface area contributed by atoms with E-state index in [-0.39, 0.29) is 11.9 Å². The first-order valence-electron chi connectivity index (χ1n) is 10.8. The van der Waals surface area contributed by atoms with Crippen LogP contribution in [0.4, 0.5) is 4.79 Å². The Kier molecular flexibility index (Phi) is 6.74. The fourth-order valence-corrected chi connectivity index (χ4v) is 5.29. The molecule has 1 atom stereocenters. The van der Waals surface area contributed by atoms with Crippen LogP contribution in [0, 0.1) is 0 Å². The van der Waals surface area contributed by atoms with Crippen molar-refractivity contribution < 1.29 is 4.79 Å². The van der Waals surface area contributed by atoms with Crippen LogP contribution in [0.15, 0.2) is 35.5 Å². The molecule has 0 spiro atoms. The molecule has 29 heavy (non-hydrogen) atoms. The van der Waals surface area contributed by atoms with Gasteiger partial charge in [-0.25, -0.2) is 4.79 Å². The second-order valence-electron chi connectivity index (χ2n) is 8.24. The molecule has 7 heteroatoms. The summed E-state index contributed by atoms with van der Waals surface area (Å²) < 4.78 is 2.11. The maximum Gasteiger partial charge on any atom is 0.317 e. The zero-order valence-corrected chi connectivity index (χ0v) is 18.0. The summed E-state index contributed by atoms with van der Waals surface area (Å²) in [4.78, 5) is 14.7. The number of aromatic nitrogens is 3. The number of urea groups is 1. The number of benzene rings is 1. The van der Waals surface area contributed by atoms with Gasteiger partial charge in [-0.05, 0) is 31.2 Å². The first-order valence-corrected chi connectivity index (χ1v) is 11.8. The quantitative estimate of drug-likeness (QED) is 0.741. The molecular formula is C22H31N5OS. The molecule has 1 aromatic carbocycles. The number of nitrogens with one attached hydrogen (secondary N) is 1. The highest BCUT2D eigenvalue weighted by atomic mass is 32.2. The first kappa shape index (κ1) is 20.3. The molecule has 4 rings (SSSR count). The van der Waals surface area contributed by atoms with E-state index in [1.54, 1.807) is 11.8 Å². The molecule has 2 aromatic rings. The van der Waals surface area contributed by atoms with E-state index in [2.05, 4.69) is 44.3 Å². The Labute approximate surface area is 177 Å². The normalized spacial score (nSPS) is 20.6. The van der Waals surface area contributed by atoms with E-state index in [0.717, 1.165) is 55.5 Å². The number of hydrogen-bond acceptors (Lipinski definition) is 4. The van der Waals surface area contributed by atoms with E-state index in [1.165, 1.54) is 24.8 Å². The van der Waals surface area contributed by atoms with Crippen LogP contribution in [0.5, 0.6) is 0 Å². The molecule has 0 bridgehead atoms. The zero-order valence-electron chi connectivity index (χ0n) is 17.2. The SMILES string of the molecule is Cn1c(SCc2ccccc2)nnc1C1CCCN(C(=O)NC2CCCCC2)C1. The second-order valence-corrected chi connectivity index (χ2v) is 9.19. The van der Waals surface area contributed by atoms with Crippen molar-refractivity contribution in [3.63, 3.8) is 0 Å². The van der Waals surface area contributed by atoms with Crippen molar-refractivity contribution in [2.75, 3.05) is 13.1 Å². The monoisotopic (exact) mass is 413 g/mol. The number of amides is 2. The highest BCUT2D eigenvalue weighted by Gasteiger charge is 2.29. The largest absolute Gasteiger partial charge is 0.335 e. The molecule has 1 N–H and O–H groups in total. The molecule has 156 valence electrons. The molecular weight excluding hydrogens is 382 g/mol. The van der Waals surface area contributed by atoms with Gasteiger partial charge < -0.3 is 14.8 Å². The summed E-state index contributed by atoms with van der Waals surface area (Å²) in [5.74, 6) is 2.13. The molecule has 2 fully saturated rings. The van der Waals surface area contributed by atoms with Crippen molar-refractivity contribution in [3.8, 4) is 0 Å². The fourth-order valence-electron chi connectivity index (χ4n) is 4.41. The minimum Gasteiger partial charge on any atom is -0.335 e. The summed E-state index contributed by atoms with van der Waals surface area (Å²) in [5.41, 5.74) is 1.28. The molecule has 2 heterocycles. The maximum atomic E-state index is 12.8. The van der Waals surface area contributed by atoms with Gasteiger partial charge in [0.1, 0.15) is 5.82 Å². The van der Waals surface area contributed by atoms with Crippen LogP contribution in [0.2, 0.25) is 0 Å². The van der Waals surface area contributed by atoms with Crippen LogP contribution in [0.3, 0.4) is 0 Å². The Morgan fingerprint density at radius 2 is 1.90 bits per heavy atom. The van der Waals surface area contributed by atoms with Crippen LogP contribution in [0.25, 0.3) is 0 Å². The summed E-state index contributed by atoms with van der Waals surface area (Å²) in [5, 5.41) is 13.1. The second kappa shape index (κ2) is 9.65. The highest BCUT2D eigenvalue weighted by molar-refractivity contribution is 7.98. The molecule has 6 nitrogen and oxygen atoms in total. The summed E-state index contributed by atoms with van der Waals surface area (Å²) in [6, 6.07) is 10.9. The van der Waals surface area contributed by atoms with Crippen molar-refractivity contribution in [2.45, 2.75) is 67.8 Å². The van der Waals surface area contributed by atoms with Gasteiger partial charge in [0, 0.05) is 37.8 Å². The van der Waals surface area contributed by atoms with Gasteiger partial charge in [-0.2, -0.15) is 0 Å². The minimum atomic E-state index is 0.0995. The predicted octanol–water partition coefficient (Wildman–Crippen LogP) is 4.33. The van der Waals surface area contributed by atoms with Crippen molar-refractivity contribution in [3.05, 3.63) is 41.7 Å². The lowest BCUT2D eigenvalue weighted by molar-refractivity contribution is 0.171. The van der Waals surface area contributed by atoms with Gasteiger partial charge in [0.25, 0.3) is 0 Å². The van der Waals surface area contributed by atoms with Crippen molar-refractivity contribution in [1.82, 2.24) is 25.0 Å². The lowest BCUT2D eigenvalue weighted by Gasteiger charge is -2.34. The first-order chi connectivity index (χ1) is 14.2. The summed E-state index contributed by atoms with van der Waals surface area (Å²) >= 11 is 1.71. The van der Waals surface area contributed by atoms with Crippen molar-refractivity contribution in [2.24, 2.45) is 7.05 Å². The van der Waals surface area contributed by atoms with Crippen LogP contribution in [0.1, 0.15) is 62.3 Å². The number of carbonyl (C=O) groups is 1. The molecule has 1 aromatic heterocycles. The lowest BCUT2D eigenvalue weighted by atomic mass is 9.95. The summed E-state index contributed by atoms with van der Waals surface area (Å²) in [6.45, 7) is 1.57. The van der Waals surface area contributed by atoms with Crippen LogP contribution < -0.4 is 5.32 Å². The fraction of sp³-hybridized carbons (Fsp3) is 0.591. The number of rotatable bonds is 5. The smallest absolute Gasteiger partial charge is 0.317 e. The Hall–Kier alpha value is -2.02. The van der Waals surface area contributed by atoms with Gasteiger partial charge in [-0.15, -0.1) is 10.2 Å². The van der Waals surface area contributed by atoms with Gasteiger partial charge in [0.15, 0.2) is 5.16 Å². The van der Waals surface area contributed by atoms with Gasteiger partial charge in [0.05, 0.1) is 0 Å². The summed E-state index contributed by atoms with van der Waals surface area (Å²) in [7, 11) is 2.05. The third-order valence-electron chi connectivity index (χ3n) is 6.09. The molecule has 1 saturated carbocycles. The highest BCUT2D eigenvalue weighted by Crippen LogP contribution is 2.29. The van der Waals surface area contributed by atoms with Crippen LogP contribution >= 0.6 is 11.8 Å². The maximum absolute atomic E-state index is 12.8. The molecule has 1 aliphatic carbocycles. The predicted molar refractivity (Wildman–Crippen MR) is 116 cm³/mol. The van der Waals surface area contributed by atoms with E-state index in [4.69, 9.17) is 0 Å². The number of piperidine rings is 1. The molecule has 1 aliphatic heterocycles. The minimum absolute atomic E-state index is 0.0995. The van der Waals surface area contributed by atoms with E-state index in [1.807, 2.05) is 18.0 Å². The average molecular weight is 414 g/mol. The molecule has 2 amide bonds. The van der Waals surface area contributed by atoms with Gasteiger partial charge in [-0.3, -0.25) is 0 Å². The van der Waals surface area contributed by atoms with E-state index < -0.39 is 0 Å². The number of nitrogens with zero attached hydrogens (tertiary/aromatic N) is 4. The van der Waals surface area contributed by atoms with Gasteiger partial charge >= 0.3 is 6.03 Å². The molecule has 2 aliphatic rings. The third kappa shape index (κ3) is 5.13. The number of carbonyl (C=O) groups excluding carboxylic acids is 1. The van der Waals surface area contributed by atoms with Crippen molar-refractivity contribution >= 4 is 17.8 Å². The number of hydrogen-bond donors (Lipinski definition) is 1. The zero-order chi connectivity index (χ0) is 20.1. The van der Waals surface area contributed by atoms with Gasteiger partial charge in [0.2, 0.25) is 0 Å². The van der Waals surface area contributed by atoms with Crippen LogP contribution in [-0.4, -0.2) is 44.8 Å². The topological polar surface area (TPSA) is 63.1 Å². The van der Waals surface area contributed by atoms with Gasteiger partial charge in [-0.1, -0.05) is 61.4 Å².